The number of rotatable bonds is 0. The Morgan fingerprint density at radius 1 is 0.417 bits per heavy atom. The summed E-state index contributed by atoms with van der Waals surface area (Å²) in [6.07, 6.45) is 0. The van der Waals surface area contributed by atoms with Crippen molar-refractivity contribution in [3.63, 3.8) is 0 Å². The lowest BCUT2D eigenvalue weighted by atomic mass is 9.84. The van der Waals surface area contributed by atoms with Crippen molar-refractivity contribution in [3.05, 3.63) is 99.0 Å². The molecule has 0 saturated heterocycles. The molecule has 6 heteroatoms. The van der Waals surface area contributed by atoms with Crippen LogP contribution in [0.25, 0.3) is 75.4 Å². The van der Waals surface area contributed by atoms with Crippen LogP contribution in [-0.4, -0.2) is 0 Å². The molecule has 0 spiro atoms. The standard InChI is InChI=1S/C30H10Br4O2/c31-13-3-6-14-17-7-11-1-5-16-25-19(26-20(30(16)36)10-21(32)27(33)28(26)34)8-12-2-4-15(29(35)18(14)9-13)24(17)22(12)23(11)25/h1-10H. The molecule has 0 amide bonds. The Kier molecular flexibility index (Phi) is 4.30. The average molecular weight is 722 g/mol. The molecule has 0 aliphatic carbocycles. The van der Waals surface area contributed by atoms with Crippen molar-refractivity contribution >= 4 is 139 Å². The zero-order valence-corrected chi connectivity index (χ0v) is 24.4. The highest BCUT2D eigenvalue weighted by Gasteiger charge is 2.23. The minimum Gasteiger partial charge on any atom is -0.289 e. The molecule has 8 aromatic carbocycles. The predicted molar refractivity (Wildman–Crippen MR) is 166 cm³/mol. The molecule has 8 aromatic rings. The van der Waals surface area contributed by atoms with Crippen molar-refractivity contribution in [1.29, 1.82) is 0 Å². The first-order valence-corrected chi connectivity index (χ1v) is 14.4. The van der Waals surface area contributed by atoms with Gasteiger partial charge in [0.1, 0.15) is 0 Å². The van der Waals surface area contributed by atoms with Gasteiger partial charge >= 0.3 is 0 Å². The van der Waals surface area contributed by atoms with Gasteiger partial charge in [0.2, 0.25) is 0 Å². The second-order valence-corrected chi connectivity index (χ2v) is 12.6. The van der Waals surface area contributed by atoms with Crippen LogP contribution in [-0.2, 0) is 0 Å². The number of hydrogen-bond acceptors (Lipinski definition) is 2. The van der Waals surface area contributed by atoms with Crippen LogP contribution in [0, 0.1) is 0 Å². The molecule has 0 aliphatic heterocycles. The van der Waals surface area contributed by atoms with Crippen LogP contribution < -0.4 is 10.9 Å². The molecule has 0 heterocycles. The summed E-state index contributed by atoms with van der Waals surface area (Å²) in [6, 6.07) is 20.1. The molecule has 0 fully saturated rings. The number of benzene rings is 8. The van der Waals surface area contributed by atoms with Gasteiger partial charge < -0.3 is 0 Å². The lowest BCUT2D eigenvalue weighted by molar-refractivity contribution is 1.60. The van der Waals surface area contributed by atoms with Crippen molar-refractivity contribution in [2.75, 3.05) is 0 Å². The molecule has 0 aliphatic rings. The van der Waals surface area contributed by atoms with Crippen LogP contribution in [0.4, 0.5) is 0 Å². The molecule has 0 N–H and O–H groups in total. The van der Waals surface area contributed by atoms with E-state index in [0.29, 0.717) is 21.5 Å². The van der Waals surface area contributed by atoms with Gasteiger partial charge in [-0.25, -0.2) is 0 Å². The van der Waals surface area contributed by atoms with E-state index in [2.05, 4.69) is 75.9 Å². The van der Waals surface area contributed by atoms with Crippen LogP contribution >= 0.6 is 63.7 Å². The SMILES string of the molecule is O=c1c2cc(Br)ccc2c2cc3ccc4c(=O)c5cc(Br)c(Br)c(Br)c5c5cc6ccc1c2c6c3c45. The Hall–Kier alpha value is -2.38. The summed E-state index contributed by atoms with van der Waals surface area (Å²) >= 11 is 14.5. The molecule has 2 nitrogen and oxygen atoms in total. The van der Waals surface area contributed by atoms with E-state index in [1.807, 2.05) is 48.5 Å². The lowest BCUT2D eigenvalue weighted by Crippen LogP contribution is -2.06. The minimum absolute atomic E-state index is 0.00291. The summed E-state index contributed by atoms with van der Waals surface area (Å²) < 4.78 is 3.42. The second kappa shape index (κ2) is 7.13. The summed E-state index contributed by atoms with van der Waals surface area (Å²) in [6.45, 7) is 0. The van der Waals surface area contributed by atoms with E-state index in [-0.39, 0.29) is 10.9 Å². The summed E-state index contributed by atoms with van der Waals surface area (Å²) in [4.78, 5) is 27.4. The molecule has 36 heavy (non-hydrogen) atoms. The first kappa shape index (κ1) is 21.7. The quantitative estimate of drug-likeness (QED) is 0.0888. The molecular weight excluding hydrogens is 712 g/mol. The van der Waals surface area contributed by atoms with Crippen molar-refractivity contribution < 1.29 is 0 Å². The first-order valence-electron chi connectivity index (χ1n) is 11.2. The fourth-order valence-corrected chi connectivity index (χ4v) is 8.09. The zero-order chi connectivity index (χ0) is 24.6. The van der Waals surface area contributed by atoms with Crippen LogP contribution in [0.15, 0.2) is 88.1 Å². The fraction of sp³-hybridized carbons (Fsp3) is 0. The fourth-order valence-electron chi connectivity index (χ4n) is 6.09. The predicted octanol–water partition coefficient (Wildman–Crippen LogP) is 9.84. The molecule has 0 saturated carbocycles. The Morgan fingerprint density at radius 3 is 1.69 bits per heavy atom. The summed E-state index contributed by atoms with van der Waals surface area (Å²) in [7, 11) is 0. The molecule has 0 aromatic heterocycles. The van der Waals surface area contributed by atoms with E-state index < -0.39 is 0 Å². The third kappa shape index (κ3) is 2.51. The van der Waals surface area contributed by atoms with Crippen LogP contribution in [0.1, 0.15) is 0 Å². The van der Waals surface area contributed by atoms with E-state index in [1.165, 1.54) is 0 Å². The average Bonchev–Trinajstić information content (AvgIpc) is 2.88. The Labute approximate surface area is 236 Å². The van der Waals surface area contributed by atoms with Gasteiger partial charge in [-0.15, -0.1) is 0 Å². The number of fused-ring (bicyclic) bond motifs is 4. The van der Waals surface area contributed by atoms with E-state index in [9.17, 15) is 9.59 Å². The van der Waals surface area contributed by atoms with Gasteiger partial charge in [0, 0.05) is 55.6 Å². The van der Waals surface area contributed by atoms with Gasteiger partial charge in [-0.3, -0.25) is 9.59 Å². The largest absolute Gasteiger partial charge is 0.289 e. The third-order valence-electron chi connectivity index (χ3n) is 7.55. The Morgan fingerprint density at radius 2 is 1.00 bits per heavy atom. The molecule has 8 rings (SSSR count). The van der Waals surface area contributed by atoms with Crippen molar-refractivity contribution in [2.45, 2.75) is 0 Å². The summed E-state index contributed by atoms with van der Waals surface area (Å²) in [5.74, 6) is 0. The van der Waals surface area contributed by atoms with Gasteiger partial charge in [-0.05, 0) is 128 Å². The highest BCUT2D eigenvalue weighted by atomic mass is 79.9. The van der Waals surface area contributed by atoms with E-state index in [4.69, 9.17) is 0 Å². The number of hydrogen-bond donors (Lipinski definition) is 0. The van der Waals surface area contributed by atoms with Crippen molar-refractivity contribution in [3.8, 4) is 0 Å². The maximum absolute atomic E-state index is 13.8. The Bertz CT molecular complexity index is 2400. The molecule has 170 valence electrons. The monoisotopic (exact) mass is 718 g/mol. The van der Waals surface area contributed by atoms with Gasteiger partial charge in [-0.2, -0.15) is 0 Å². The van der Waals surface area contributed by atoms with Crippen molar-refractivity contribution in [1.82, 2.24) is 0 Å². The minimum atomic E-state index is 0.00291. The first-order chi connectivity index (χ1) is 17.3. The van der Waals surface area contributed by atoms with Crippen LogP contribution in [0.5, 0.6) is 0 Å². The summed E-state index contributed by atoms with van der Waals surface area (Å²) in [5, 5.41) is 12.8. The lowest BCUT2D eigenvalue weighted by Gasteiger charge is -2.19. The van der Waals surface area contributed by atoms with Gasteiger partial charge in [0.15, 0.2) is 10.9 Å². The normalized spacial score (nSPS) is 12.7. The second-order valence-electron chi connectivity index (χ2n) is 9.28. The Balaban J connectivity index is 1.76. The zero-order valence-electron chi connectivity index (χ0n) is 18.1. The van der Waals surface area contributed by atoms with Crippen LogP contribution in [0.3, 0.4) is 0 Å². The molecule has 0 unspecified atom stereocenters. The van der Waals surface area contributed by atoms with Crippen molar-refractivity contribution in [2.24, 2.45) is 0 Å². The van der Waals surface area contributed by atoms with Gasteiger partial charge in [0.05, 0.1) is 0 Å². The molecule has 0 radical (unpaired) electrons. The summed E-state index contributed by atoms with van der Waals surface area (Å²) in [5.41, 5.74) is 0.0328. The highest BCUT2D eigenvalue weighted by molar-refractivity contribution is 9.14. The third-order valence-corrected chi connectivity index (χ3v) is 11.3. The van der Waals surface area contributed by atoms with E-state index in [0.717, 1.165) is 71.8 Å². The van der Waals surface area contributed by atoms with Gasteiger partial charge in [0.25, 0.3) is 0 Å². The number of halogens is 4. The molecule has 0 bridgehead atoms. The topological polar surface area (TPSA) is 34.1 Å². The molecular formula is C30H10Br4O2. The van der Waals surface area contributed by atoms with Gasteiger partial charge in [-0.1, -0.05) is 34.1 Å². The van der Waals surface area contributed by atoms with Crippen LogP contribution in [0.2, 0.25) is 0 Å². The highest BCUT2D eigenvalue weighted by Crippen LogP contribution is 2.47. The maximum atomic E-state index is 13.8. The van der Waals surface area contributed by atoms with E-state index >= 15 is 0 Å². The maximum Gasteiger partial charge on any atom is 0.194 e. The molecule has 0 atom stereocenters. The van der Waals surface area contributed by atoms with E-state index in [1.54, 1.807) is 0 Å². The smallest absolute Gasteiger partial charge is 0.194 e.